The number of hydrogen-bond acceptors (Lipinski definition) is 2. The van der Waals surface area contributed by atoms with Gasteiger partial charge in [0.15, 0.2) is 0 Å². The van der Waals surface area contributed by atoms with E-state index in [1.807, 2.05) is 38.1 Å². The predicted molar refractivity (Wildman–Crippen MR) is 63.3 cm³/mol. The van der Waals surface area contributed by atoms with E-state index in [2.05, 4.69) is 6.07 Å². The van der Waals surface area contributed by atoms with E-state index < -0.39 is 5.41 Å². The van der Waals surface area contributed by atoms with E-state index in [9.17, 15) is 5.26 Å². The molecule has 0 radical (unpaired) electrons. The molecule has 84 valence electrons. The second kappa shape index (κ2) is 3.76. The molecule has 0 amide bonds. The normalized spacial score (nSPS) is 18.6. The van der Waals surface area contributed by atoms with Crippen LogP contribution in [0.15, 0.2) is 24.3 Å². The first-order chi connectivity index (χ1) is 7.52. The van der Waals surface area contributed by atoms with Crippen molar-refractivity contribution in [3.05, 3.63) is 34.9 Å². The molecule has 1 aliphatic rings. The molecular weight excluding hydrogens is 222 g/mol. The van der Waals surface area contributed by atoms with Crippen molar-refractivity contribution in [1.29, 1.82) is 5.26 Å². The Morgan fingerprint density at radius 3 is 2.56 bits per heavy atom. The van der Waals surface area contributed by atoms with Crippen LogP contribution < -0.4 is 0 Å². The van der Waals surface area contributed by atoms with Gasteiger partial charge < -0.3 is 4.74 Å². The maximum atomic E-state index is 9.29. The van der Waals surface area contributed by atoms with Crippen molar-refractivity contribution < 1.29 is 4.74 Å². The fraction of sp³-hybridized carbons (Fsp3) is 0.462. The molecule has 0 spiro atoms. The quantitative estimate of drug-likeness (QED) is 0.789. The molecule has 2 rings (SSSR count). The van der Waals surface area contributed by atoms with E-state index in [4.69, 9.17) is 16.3 Å². The van der Waals surface area contributed by atoms with E-state index in [1.54, 1.807) is 0 Å². The third kappa shape index (κ3) is 1.52. The molecule has 1 aromatic carbocycles. The molecule has 0 aromatic heterocycles. The minimum Gasteiger partial charge on any atom is -0.379 e. The van der Waals surface area contributed by atoms with E-state index >= 15 is 0 Å². The number of ether oxygens (including phenoxy) is 1. The van der Waals surface area contributed by atoms with E-state index in [1.165, 1.54) is 0 Å². The second-order valence-corrected chi connectivity index (χ2v) is 5.26. The van der Waals surface area contributed by atoms with Crippen LogP contribution in [0.5, 0.6) is 0 Å². The monoisotopic (exact) mass is 235 g/mol. The summed E-state index contributed by atoms with van der Waals surface area (Å²) in [4.78, 5) is 0. The van der Waals surface area contributed by atoms with Gasteiger partial charge >= 0.3 is 0 Å². The number of benzene rings is 1. The van der Waals surface area contributed by atoms with Gasteiger partial charge in [0.25, 0.3) is 0 Å². The van der Waals surface area contributed by atoms with Crippen molar-refractivity contribution in [2.75, 3.05) is 13.2 Å². The average Bonchev–Trinajstić information content (AvgIpc) is 2.15. The molecule has 16 heavy (non-hydrogen) atoms. The minimum atomic E-state index is -0.448. The Bertz CT molecular complexity index is 443. The molecule has 1 saturated heterocycles. The molecule has 1 aliphatic heterocycles. The van der Waals surface area contributed by atoms with Crippen molar-refractivity contribution in [2.24, 2.45) is 5.41 Å². The van der Waals surface area contributed by atoms with Gasteiger partial charge in [-0.1, -0.05) is 23.7 Å². The summed E-state index contributed by atoms with van der Waals surface area (Å²) in [6.07, 6.45) is 0. The third-order valence-corrected chi connectivity index (χ3v) is 3.79. The highest BCUT2D eigenvalue weighted by Gasteiger charge is 2.52. The Hall–Kier alpha value is -1.04. The number of halogens is 1. The Morgan fingerprint density at radius 1 is 1.44 bits per heavy atom. The Balaban J connectivity index is 2.48. The van der Waals surface area contributed by atoms with Gasteiger partial charge in [0.2, 0.25) is 0 Å². The Morgan fingerprint density at radius 2 is 2.12 bits per heavy atom. The molecule has 0 aliphatic carbocycles. The molecule has 0 saturated carbocycles. The zero-order valence-corrected chi connectivity index (χ0v) is 10.2. The van der Waals surface area contributed by atoms with Crippen molar-refractivity contribution >= 4 is 11.6 Å². The number of rotatable bonds is 2. The van der Waals surface area contributed by atoms with Crippen molar-refractivity contribution in [3.8, 4) is 6.07 Å². The average molecular weight is 236 g/mol. The lowest BCUT2D eigenvalue weighted by Crippen LogP contribution is -2.56. The molecule has 0 N–H and O–H groups in total. The lowest BCUT2D eigenvalue weighted by Gasteiger charge is -2.49. The number of nitrogens with zero attached hydrogens (tertiary/aromatic N) is 1. The summed E-state index contributed by atoms with van der Waals surface area (Å²) in [5, 5.41) is 9.99. The predicted octanol–water partition coefficient (Wildman–Crippen LogP) is 3.16. The standard InChI is InChI=1S/C13H14ClNO/c1-12(2,7-15)13(8-16-9-13)10-4-3-5-11(14)6-10/h3-6H,8-9H2,1-2H3. The lowest BCUT2D eigenvalue weighted by molar-refractivity contribution is -0.102. The van der Waals surface area contributed by atoms with Crippen LogP contribution in [0.25, 0.3) is 0 Å². The maximum absolute atomic E-state index is 9.29. The molecule has 1 aromatic rings. The molecule has 0 unspecified atom stereocenters. The summed E-state index contributed by atoms with van der Waals surface area (Å²) in [7, 11) is 0. The van der Waals surface area contributed by atoms with Crippen LogP contribution in [-0.4, -0.2) is 13.2 Å². The van der Waals surface area contributed by atoms with Gasteiger partial charge in [-0.2, -0.15) is 5.26 Å². The molecule has 3 heteroatoms. The van der Waals surface area contributed by atoms with Crippen LogP contribution in [0.3, 0.4) is 0 Å². The Labute approximate surface area is 101 Å². The van der Waals surface area contributed by atoms with Crippen LogP contribution in [0, 0.1) is 16.7 Å². The first kappa shape index (κ1) is 11.4. The van der Waals surface area contributed by atoms with Crippen molar-refractivity contribution in [2.45, 2.75) is 19.3 Å². The summed E-state index contributed by atoms with van der Waals surface area (Å²) in [5.41, 5.74) is 0.431. The van der Waals surface area contributed by atoms with Crippen LogP contribution in [0.2, 0.25) is 5.02 Å². The van der Waals surface area contributed by atoms with Crippen LogP contribution >= 0.6 is 11.6 Å². The molecule has 1 heterocycles. The second-order valence-electron chi connectivity index (χ2n) is 4.82. The Kier molecular flexibility index (Phi) is 2.69. The number of nitriles is 1. The smallest absolute Gasteiger partial charge is 0.0695 e. The molecule has 2 nitrogen and oxygen atoms in total. The highest BCUT2D eigenvalue weighted by Crippen LogP contribution is 2.47. The molecular formula is C13H14ClNO. The minimum absolute atomic E-state index is 0.216. The van der Waals surface area contributed by atoms with E-state index in [-0.39, 0.29) is 5.41 Å². The highest BCUT2D eigenvalue weighted by atomic mass is 35.5. The van der Waals surface area contributed by atoms with Gasteiger partial charge in [0.05, 0.1) is 30.1 Å². The highest BCUT2D eigenvalue weighted by molar-refractivity contribution is 6.30. The van der Waals surface area contributed by atoms with E-state index in [0.29, 0.717) is 18.2 Å². The van der Waals surface area contributed by atoms with Crippen LogP contribution in [0.4, 0.5) is 0 Å². The van der Waals surface area contributed by atoms with Gasteiger partial charge in [-0.15, -0.1) is 0 Å². The summed E-state index contributed by atoms with van der Waals surface area (Å²) in [5.74, 6) is 0. The number of hydrogen-bond donors (Lipinski definition) is 0. The summed E-state index contributed by atoms with van der Waals surface area (Å²) in [6, 6.07) is 10.1. The van der Waals surface area contributed by atoms with Gasteiger partial charge in [0.1, 0.15) is 0 Å². The van der Waals surface area contributed by atoms with Gasteiger partial charge in [-0.05, 0) is 31.5 Å². The zero-order valence-electron chi connectivity index (χ0n) is 9.46. The first-order valence-corrected chi connectivity index (χ1v) is 5.65. The fourth-order valence-electron chi connectivity index (χ4n) is 2.09. The van der Waals surface area contributed by atoms with E-state index in [0.717, 1.165) is 5.56 Å². The van der Waals surface area contributed by atoms with Crippen LogP contribution in [0.1, 0.15) is 19.4 Å². The van der Waals surface area contributed by atoms with Crippen molar-refractivity contribution in [3.63, 3.8) is 0 Å². The lowest BCUT2D eigenvalue weighted by atomic mass is 9.61. The van der Waals surface area contributed by atoms with Gasteiger partial charge in [-0.3, -0.25) is 0 Å². The third-order valence-electron chi connectivity index (χ3n) is 3.55. The maximum Gasteiger partial charge on any atom is 0.0695 e. The summed E-state index contributed by atoms with van der Waals surface area (Å²) < 4.78 is 5.33. The van der Waals surface area contributed by atoms with Gasteiger partial charge in [0, 0.05) is 5.02 Å². The molecule has 0 atom stereocenters. The fourth-order valence-corrected chi connectivity index (χ4v) is 2.28. The first-order valence-electron chi connectivity index (χ1n) is 5.27. The summed E-state index contributed by atoms with van der Waals surface area (Å²) >= 11 is 6.00. The van der Waals surface area contributed by atoms with Crippen molar-refractivity contribution in [1.82, 2.24) is 0 Å². The summed E-state index contributed by atoms with van der Waals surface area (Å²) in [6.45, 7) is 5.09. The van der Waals surface area contributed by atoms with Crippen LogP contribution in [-0.2, 0) is 10.2 Å². The molecule has 1 fully saturated rings. The topological polar surface area (TPSA) is 33.0 Å². The SMILES string of the molecule is CC(C)(C#N)C1(c2cccc(Cl)c2)COC1. The molecule has 0 bridgehead atoms. The van der Waals surface area contributed by atoms with Gasteiger partial charge in [-0.25, -0.2) is 0 Å². The largest absolute Gasteiger partial charge is 0.379 e. The zero-order chi connectivity index (χ0) is 11.8.